The van der Waals surface area contributed by atoms with Crippen LogP contribution in [0.15, 0.2) is 24.3 Å². The lowest BCUT2D eigenvalue weighted by molar-refractivity contribution is -0.117. The molecule has 0 bridgehead atoms. The lowest BCUT2D eigenvalue weighted by Crippen LogP contribution is -2.15. The van der Waals surface area contributed by atoms with E-state index < -0.39 is 0 Å². The van der Waals surface area contributed by atoms with Gasteiger partial charge in [-0.1, -0.05) is 25.1 Å². The van der Waals surface area contributed by atoms with E-state index in [0.29, 0.717) is 18.0 Å². The van der Waals surface area contributed by atoms with Crippen molar-refractivity contribution in [3.05, 3.63) is 29.8 Å². The summed E-state index contributed by atoms with van der Waals surface area (Å²) < 4.78 is 5.45. The van der Waals surface area contributed by atoms with E-state index in [1.807, 2.05) is 0 Å². The second kappa shape index (κ2) is 7.36. The summed E-state index contributed by atoms with van der Waals surface area (Å²) in [6, 6.07) is 7.18. The van der Waals surface area contributed by atoms with Gasteiger partial charge >= 0.3 is 0 Å². The molecule has 0 unspecified atom stereocenters. The Kier molecular flexibility index (Phi) is 5.49. The molecule has 2 rings (SSSR count). The second-order valence-corrected chi connectivity index (χ2v) is 5.52. The van der Waals surface area contributed by atoms with Crippen LogP contribution in [0.2, 0.25) is 0 Å². The Balaban J connectivity index is 1.63. The minimum absolute atomic E-state index is 0.0421. The Hall–Kier alpha value is -1.46. The number of thiocarbonyl (C=S) groups is 1. The van der Waals surface area contributed by atoms with Crippen LogP contribution in [0.1, 0.15) is 31.2 Å². The molecule has 1 saturated carbocycles. The summed E-state index contributed by atoms with van der Waals surface area (Å²) in [6.07, 6.45) is 4.18. The van der Waals surface area contributed by atoms with Crippen LogP contribution in [0.25, 0.3) is 0 Å². The van der Waals surface area contributed by atoms with Crippen molar-refractivity contribution in [2.75, 3.05) is 18.5 Å². The number of hydrogen-bond donors (Lipinski definition) is 2. The SMILES string of the molecule is NC(=S)c1ccc(NC(=O)CCOCCC2CC2)cc1. The monoisotopic (exact) mass is 292 g/mol. The van der Waals surface area contributed by atoms with E-state index in [1.54, 1.807) is 24.3 Å². The fraction of sp³-hybridized carbons (Fsp3) is 0.467. The summed E-state index contributed by atoms with van der Waals surface area (Å²) >= 11 is 4.87. The first kappa shape index (κ1) is 14.9. The molecule has 20 heavy (non-hydrogen) atoms. The van der Waals surface area contributed by atoms with Crippen LogP contribution in [-0.2, 0) is 9.53 Å². The summed E-state index contributed by atoms with van der Waals surface area (Å²) in [6.45, 7) is 1.24. The lowest BCUT2D eigenvalue weighted by Gasteiger charge is -2.07. The van der Waals surface area contributed by atoms with Gasteiger partial charge in [0.15, 0.2) is 0 Å². The Labute approximate surface area is 124 Å². The van der Waals surface area contributed by atoms with Gasteiger partial charge < -0.3 is 15.8 Å². The van der Waals surface area contributed by atoms with Crippen LogP contribution in [0, 0.1) is 5.92 Å². The summed E-state index contributed by atoms with van der Waals surface area (Å²) in [5.74, 6) is 0.829. The number of nitrogens with two attached hydrogens (primary N) is 1. The third-order valence-corrected chi connectivity index (χ3v) is 3.53. The van der Waals surface area contributed by atoms with Gasteiger partial charge in [0.05, 0.1) is 13.0 Å². The number of benzene rings is 1. The van der Waals surface area contributed by atoms with E-state index >= 15 is 0 Å². The molecule has 0 radical (unpaired) electrons. The molecule has 4 nitrogen and oxygen atoms in total. The topological polar surface area (TPSA) is 64.3 Å². The van der Waals surface area contributed by atoms with Gasteiger partial charge in [-0.05, 0) is 36.6 Å². The molecule has 1 aromatic rings. The Morgan fingerprint density at radius 3 is 2.60 bits per heavy atom. The molecule has 1 fully saturated rings. The normalized spacial score (nSPS) is 14.0. The van der Waals surface area contributed by atoms with Crippen LogP contribution in [-0.4, -0.2) is 24.1 Å². The standard InChI is InChI=1S/C15H20N2O2S/c16-15(20)12-3-5-13(6-4-12)17-14(18)8-10-19-9-7-11-1-2-11/h3-6,11H,1-2,7-10H2,(H2,16,20)(H,17,18). The zero-order chi connectivity index (χ0) is 14.4. The Bertz CT molecular complexity index is 469. The summed E-state index contributed by atoms with van der Waals surface area (Å²) in [5.41, 5.74) is 7.05. The van der Waals surface area contributed by atoms with Crippen LogP contribution in [0.4, 0.5) is 5.69 Å². The van der Waals surface area contributed by atoms with E-state index in [0.717, 1.165) is 30.2 Å². The maximum atomic E-state index is 11.7. The predicted molar refractivity (Wildman–Crippen MR) is 83.7 cm³/mol. The molecule has 1 aliphatic rings. The van der Waals surface area contributed by atoms with Gasteiger partial charge in [0, 0.05) is 17.9 Å². The van der Waals surface area contributed by atoms with Crippen molar-refractivity contribution in [1.82, 2.24) is 0 Å². The van der Waals surface area contributed by atoms with Gasteiger partial charge in [-0.3, -0.25) is 4.79 Å². The smallest absolute Gasteiger partial charge is 0.226 e. The molecule has 0 spiro atoms. The van der Waals surface area contributed by atoms with Crippen LogP contribution in [0.5, 0.6) is 0 Å². The molecular formula is C15H20N2O2S. The first-order valence-electron chi connectivity index (χ1n) is 6.92. The molecule has 0 saturated heterocycles. The third-order valence-electron chi connectivity index (χ3n) is 3.29. The highest BCUT2D eigenvalue weighted by molar-refractivity contribution is 7.80. The summed E-state index contributed by atoms with van der Waals surface area (Å²) in [4.78, 5) is 12.1. The maximum Gasteiger partial charge on any atom is 0.226 e. The molecule has 5 heteroatoms. The minimum atomic E-state index is -0.0421. The van der Waals surface area contributed by atoms with Crippen molar-refractivity contribution in [3.63, 3.8) is 0 Å². The Morgan fingerprint density at radius 2 is 2.00 bits per heavy atom. The zero-order valence-electron chi connectivity index (χ0n) is 11.4. The number of rotatable bonds is 8. The molecule has 3 N–H and O–H groups in total. The highest BCUT2D eigenvalue weighted by Crippen LogP contribution is 2.32. The summed E-state index contributed by atoms with van der Waals surface area (Å²) in [7, 11) is 0. The van der Waals surface area contributed by atoms with E-state index in [-0.39, 0.29) is 5.91 Å². The molecule has 0 heterocycles. The number of carbonyl (C=O) groups excluding carboxylic acids is 1. The molecular weight excluding hydrogens is 272 g/mol. The average molecular weight is 292 g/mol. The van der Waals surface area contributed by atoms with Gasteiger partial charge in [-0.25, -0.2) is 0 Å². The molecule has 1 aromatic carbocycles. The average Bonchev–Trinajstić information content (AvgIpc) is 3.23. The quantitative estimate of drug-likeness (QED) is 0.570. The maximum absolute atomic E-state index is 11.7. The van der Waals surface area contributed by atoms with Crippen molar-refractivity contribution in [2.24, 2.45) is 11.7 Å². The number of carbonyl (C=O) groups is 1. The van der Waals surface area contributed by atoms with Gasteiger partial charge in [0.1, 0.15) is 4.99 Å². The molecule has 0 aliphatic heterocycles. The second-order valence-electron chi connectivity index (χ2n) is 5.08. The molecule has 1 amide bonds. The van der Waals surface area contributed by atoms with Crippen molar-refractivity contribution >= 4 is 28.8 Å². The lowest BCUT2D eigenvalue weighted by atomic mass is 10.2. The van der Waals surface area contributed by atoms with E-state index in [9.17, 15) is 4.79 Å². The number of hydrogen-bond acceptors (Lipinski definition) is 3. The van der Waals surface area contributed by atoms with Crippen LogP contribution < -0.4 is 11.1 Å². The van der Waals surface area contributed by atoms with Gasteiger partial charge in [-0.15, -0.1) is 0 Å². The third kappa shape index (κ3) is 5.27. The van der Waals surface area contributed by atoms with Crippen molar-refractivity contribution < 1.29 is 9.53 Å². The number of nitrogens with one attached hydrogen (secondary N) is 1. The molecule has 108 valence electrons. The highest BCUT2D eigenvalue weighted by Gasteiger charge is 2.20. The molecule has 1 aliphatic carbocycles. The fourth-order valence-electron chi connectivity index (χ4n) is 1.86. The van der Waals surface area contributed by atoms with Gasteiger partial charge in [-0.2, -0.15) is 0 Å². The van der Waals surface area contributed by atoms with Crippen molar-refractivity contribution in [3.8, 4) is 0 Å². The van der Waals surface area contributed by atoms with Gasteiger partial charge in [0.25, 0.3) is 0 Å². The van der Waals surface area contributed by atoms with E-state index in [4.69, 9.17) is 22.7 Å². The molecule has 0 aromatic heterocycles. The van der Waals surface area contributed by atoms with Crippen LogP contribution in [0.3, 0.4) is 0 Å². The molecule has 0 atom stereocenters. The fourth-order valence-corrected chi connectivity index (χ4v) is 2.00. The van der Waals surface area contributed by atoms with Gasteiger partial charge in [0.2, 0.25) is 5.91 Å². The van der Waals surface area contributed by atoms with E-state index in [2.05, 4.69) is 5.32 Å². The van der Waals surface area contributed by atoms with Crippen LogP contribution >= 0.6 is 12.2 Å². The van der Waals surface area contributed by atoms with E-state index in [1.165, 1.54) is 12.8 Å². The summed E-state index contributed by atoms with van der Waals surface area (Å²) in [5, 5.41) is 2.82. The Morgan fingerprint density at radius 1 is 1.30 bits per heavy atom. The van der Waals surface area contributed by atoms with Crippen molar-refractivity contribution in [2.45, 2.75) is 25.7 Å². The first-order valence-corrected chi connectivity index (χ1v) is 7.33. The number of ether oxygens (including phenoxy) is 1. The number of amides is 1. The largest absolute Gasteiger partial charge is 0.389 e. The minimum Gasteiger partial charge on any atom is -0.389 e. The van der Waals surface area contributed by atoms with Crippen molar-refractivity contribution in [1.29, 1.82) is 0 Å². The number of anilines is 1. The zero-order valence-corrected chi connectivity index (χ0v) is 12.2. The first-order chi connectivity index (χ1) is 9.65. The highest BCUT2D eigenvalue weighted by atomic mass is 32.1. The predicted octanol–water partition coefficient (Wildman–Crippen LogP) is 2.47.